The van der Waals surface area contributed by atoms with Crippen LogP contribution in [0.15, 0.2) is 54.6 Å². The van der Waals surface area contributed by atoms with Gasteiger partial charge in [-0.1, -0.05) is 18.2 Å². The van der Waals surface area contributed by atoms with Crippen LogP contribution < -0.4 is 13.7 Å². The van der Waals surface area contributed by atoms with Crippen molar-refractivity contribution in [2.75, 3.05) is 19.5 Å². The summed E-state index contributed by atoms with van der Waals surface area (Å²) in [6, 6.07) is 13.6. The fourth-order valence-electron chi connectivity index (χ4n) is 2.38. The molecular formula is C22H26O7S. The summed E-state index contributed by atoms with van der Waals surface area (Å²) in [5.74, 6) is 1.02. The lowest BCUT2D eigenvalue weighted by molar-refractivity contribution is -0.158. The molecule has 0 amide bonds. The van der Waals surface area contributed by atoms with E-state index in [0.717, 1.165) is 11.8 Å². The maximum Gasteiger partial charge on any atom is 0.349 e. The zero-order valence-electron chi connectivity index (χ0n) is 17.5. The minimum absolute atomic E-state index is 0.263. The molecule has 0 unspecified atom stereocenters. The summed E-state index contributed by atoms with van der Waals surface area (Å²) in [5.41, 5.74) is -0.201. The number of hydrogen-bond donors (Lipinski definition) is 0. The Bertz CT molecular complexity index is 960. The number of rotatable bonds is 10. The highest BCUT2D eigenvalue weighted by Gasteiger charge is 2.31. The molecule has 0 fully saturated rings. The van der Waals surface area contributed by atoms with Crippen molar-refractivity contribution in [2.24, 2.45) is 0 Å². The second-order valence-electron chi connectivity index (χ2n) is 6.87. The van der Waals surface area contributed by atoms with E-state index in [4.69, 9.17) is 18.4 Å². The van der Waals surface area contributed by atoms with E-state index in [-0.39, 0.29) is 5.75 Å². The smallest absolute Gasteiger partial charge is 0.349 e. The molecule has 0 radical (unpaired) electrons. The van der Waals surface area contributed by atoms with Gasteiger partial charge in [-0.3, -0.25) is 0 Å². The third-order valence-electron chi connectivity index (χ3n) is 3.75. The Labute approximate surface area is 177 Å². The van der Waals surface area contributed by atoms with E-state index in [0.29, 0.717) is 24.7 Å². The topological polar surface area (TPSA) is 88.1 Å². The average molecular weight is 435 g/mol. The van der Waals surface area contributed by atoms with E-state index in [9.17, 15) is 13.2 Å². The van der Waals surface area contributed by atoms with Crippen LogP contribution in [0, 0.1) is 0 Å². The first-order chi connectivity index (χ1) is 14.1. The molecule has 8 heteroatoms. The maximum absolute atomic E-state index is 11.9. The van der Waals surface area contributed by atoms with Gasteiger partial charge in [0.1, 0.15) is 23.9 Å². The van der Waals surface area contributed by atoms with Gasteiger partial charge in [0.2, 0.25) is 0 Å². The zero-order chi connectivity index (χ0) is 22.2. The summed E-state index contributed by atoms with van der Waals surface area (Å²) < 4.78 is 43.3. The third-order valence-corrected chi connectivity index (χ3v) is 4.24. The van der Waals surface area contributed by atoms with Gasteiger partial charge in [-0.2, -0.15) is 8.42 Å². The fourth-order valence-corrected chi connectivity index (χ4v) is 2.84. The average Bonchev–Trinajstić information content (AvgIpc) is 2.66. The normalized spacial score (nSPS) is 11.9. The molecule has 0 heterocycles. The molecule has 0 aliphatic heterocycles. The molecule has 2 rings (SSSR count). The molecular weight excluding hydrogens is 408 g/mol. The first-order valence-corrected chi connectivity index (χ1v) is 11.2. The van der Waals surface area contributed by atoms with Gasteiger partial charge < -0.3 is 18.4 Å². The highest BCUT2D eigenvalue weighted by atomic mass is 32.2. The van der Waals surface area contributed by atoms with E-state index in [1.54, 1.807) is 69.3 Å². The number of esters is 1. The summed E-state index contributed by atoms with van der Waals surface area (Å²) in [7, 11) is -3.53. The van der Waals surface area contributed by atoms with Crippen molar-refractivity contribution < 1.29 is 31.6 Å². The van der Waals surface area contributed by atoms with Crippen LogP contribution in [0.4, 0.5) is 0 Å². The molecule has 2 aromatic rings. The standard InChI is InChI=1S/C22H26O7S/c1-5-26-21(23)22(2,3)28-19-14-12-18(13-15-19)27-16-6-7-17-8-10-20(11-9-17)29-30(4,24)25/h6-15H,5,16H2,1-4H3/b7-6+. The molecule has 0 bridgehead atoms. The van der Waals surface area contributed by atoms with Gasteiger partial charge in [-0.25, -0.2) is 4.79 Å². The molecule has 0 N–H and O–H groups in total. The number of carbonyl (C=O) groups is 1. The van der Waals surface area contributed by atoms with Crippen molar-refractivity contribution in [2.45, 2.75) is 26.4 Å². The zero-order valence-corrected chi connectivity index (χ0v) is 18.3. The Morgan fingerprint density at radius 1 is 0.967 bits per heavy atom. The Morgan fingerprint density at radius 3 is 2.10 bits per heavy atom. The lowest BCUT2D eigenvalue weighted by Gasteiger charge is -2.24. The lowest BCUT2D eigenvalue weighted by atomic mass is 10.1. The Balaban J connectivity index is 1.84. The summed E-state index contributed by atoms with van der Waals surface area (Å²) in [6.45, 7) is 5.69. The number of benzene rings is 2. The van der Waals surface area contributed by atoms with Crippen molar-refractivity contribution in [3.8, 4) is 17.2 Å². The van der Waals surface area contributed by atoms with Crippen LogP contribution >= 0.6 is 0 Å². The molecule has 0 spiro atoms. The molecule has 30 heavy (non-hydrogen) atoms. The van der Waals surface area contributed by atoms with Crippen molar-refractivity contribution in [1.29, 1.82) is 0 Å². The second kappa shape index (κ2) is 10.2. The highest BCUT2D eigenvalue weighted by molar-refractivity contribution is 7.86. The largest absolute Gasteiger partial charge is 0.490 e. The molecule has 0 saturated heterocycles. The van der Waals surface area contributed by atoms with Crippen LogP contribution in [-0.4, -0.2) is 39.5 Å². The summed E-state index contributed by atoms with van der Waals surface area (Å²) >= 11 is 0. The molecule has 2 aromatic carbocycles. The number of carbonyl (C=O) groups excluding carboxylic acids is 1. The van der Waals surface area contributed by atoms with E-state index in [1.165, 1.54) is 0 Å². The van der Waals surface area contributed by atoms with Crippen molar-refractivity contribution >= 4 is 22.2 Å². The van der Waals surface area contributed by atoms with Crippen LogP contribution in [0.1, 0.15) is 26.3 Å². The minimum atomic E-state index is -3.53. The van der Waals surface area contributed by atoms with Crippen LogP contribution in [0.3, 0.4) is 0 Å². The van der Waals surface area contributed by atoms with Gasteiger partial charge in [0.15, 0.2) is 5.60 Å². The highest BCUT2D eigenvalue weighted by Crippen LogP contribution is 2.23. The lowest BCUT2D eigenvalue weighted by Crippen LogP contribution is -2.39. The van der Waals surface area contributed by atoms with Crippen LogP contribution in [0.2, 0.25) is 0 Å². The quantitative estimate of drug-likeness (QED) is 0.415. The fraction of sp³-hybridized carbons (Fsp3) is 0.318. The van der Waals surface area contributed by atoms with Gasteiger partial charge in [0.25, 0.3) is 0 Å². The van der Waals surface area contributed by atoms with E-state index in [1.807, 2.05) is 12.2 Å². The number of ether oxygens (including phenoxy) is 3. The van der Waals surface area contributed by atoms with E-state index >= 15 is 0 Å². The van der Waals surface area contributed by atoms with Gasteiger partial charge in [0, 0.05) is 0 Å². The minimum Gasteiger partial charge on any atom is -0.490 e. The van der Waals surface area contributed by atoms with Crippen LogP contribution in [-0.2, 0) is 19.6 Å². The van der Waals surface area contributed by atoms with Crippen molar-refractivity contribution in [3.63, 3.8) is 0 Å². The van der Waals surface area contributed by atoms with Gasteiger partial charge >= 0.3 is 16.1 Å². The van der Waals surface area contributed by atoms with E-state index < -0.39 is 21.7 Å². The molecule has 0 aromatic heterocycles. The Morgan fingerprint density at radius 2 is 1.53 bits per heavy atom. The molecule has 0 aliphatic carbocycles. The SMILES string of the molecule is CCOC(=O)C(C)(C)Oc1ccc(OC/C=C/c2ccc(OS(C)(=O)=O)cc2)cc1. The second-order valence-corrected chi connectivity index (χ2v) is 8.45. The molecule has 0 saturated carbocycles. The van der Waals surface area contributed by atoms with E-state index in [2.05, 4.69) is 0 Å². The monoisotopic (exact) mass is 434 g/mol. The van der Waals surface area contributed by atoms with Gasteiger partial charge in [0.05, 0.1) is 12.9 Å². The predicted octanol–water partition coefficient (Wildman–Crippen LogP) is 3.84. The summed E-state index contributed by atoms with van der Waals surface area (Å²) in [5, 5.41) is 0. The Kier molecular flexibility index (Phi) is 7.88. The molecule has 0 aliphatic rings. The first-order valence-electron chi connectivity index (χ1n) is 9.34. The van der Waals surface area contributed by atoms with Gasteiger partial charge in [-0.05, 0) is 68.8 Å². The van der Waals surface area contributed by atoms with Crippen LogP contribution in [0.5, 0.6) is 17.2 Å². The predicted molar refractivity (Wildman–Crippen MR) is 114 cm³/mol. The number of hydrogen-bond acceptors (Lipinski definition) is 7. The first kappa shape index (κ1) is 23.3. The van der Waals surface area contributed by atoms with Crippen LogP contribution in [0.25, 0.3) is 6.08 Å². The summed E-state index contributed by atoms with van der Waals surface area (Å²) in [4.78, 5) is 11.9. The molecule has 162 valence electrons. The molecule has 0 atom stereocenters. The Hall–Kier alpha value is -3.00. The van der Waals surface area contributed by atoms with Gasteiger partial charge in [-0.15, -0.1) is 0 Å². The molecule has 7 nitrogen and oxygen atoms in total. The van der Waals surface area contributed by atoms with Crippen molar-refractivity contribution in [3.05, 3.63) is 60.2 Å². The van der Waals surface area contributed by atoms with Crippen molar-refractivity contribution in [1.82, 2.24) is 0 Å². The third kappa shape index (κ3) is 7.79. The maximum atomic E-state index is 11.9. The summed E-state index contributed by atoms with van der Waals surface area (Å²) in [6.07, 6.45) is 4.68.